The number of hydrogen-bond acceptors (Lipinski definition) is 2. The molecular weight excluding hydrogens is 326 g/mol. The zero-order chi connectivity index (χ0) is 15.8. The van der Waals surface area contributed by atoms with Crippen LogP contribution >= 0.6 is 15.9 Å². The molecule has 2 aromatic rings. The van der Waals surface area contributed by atoms with Gasteiger partial charge in [0, 0.05) is 11.3 Å². The van der Waals surface area contributed by atoms with E-state index in [2.05, 4.69) is 61.8 Å². The van der Waals surface area contributed by atoms with E-state index >= 15 is 0 Å². The van der Waals surface area contributed by atoms with Gasteiger partial charge in [0.05, 0.1) is 4.47 Å². The van der Waals surface area contributed by atoms with E-state index in [9.17, 15) is 0 Å². The molecule has 2 aromatic carbocycles. The van der Waals surface area contributed by atoms with E-state index in [0.717, 1.165) is 27.2 Å². The Labute approximate surface area is 135 Å². The maximum Gasteiger partial charge on any atom is 0.142 e. The third-order valence-electron chi connectivity index (χ3n) is 3.49. The van der Waals surface area contributed by atoms with Gasteiger partial charge in [-0.2, -0.15) is 0 Å². The molecule has 0 aliphatic rings. The molecule has 2 rings (SSSR count). The molecule has 0 unspecified atom stereocenters. The molecule has 21 heavy (non-hydrogen) atoms. The van der Waals surface area contributed by atoms with Crippen LogP contribution in [-0.2, 0) is 5.41 Å². The fourth-order valence-corrected chi connectivity index (χ4v) is 2.64. The van der Waals surface area contributed by atoms with Crippen LogP contribution in [0.2, 0.25) is 0 Å². The molecular formula is C18H22BrNO. The number of nitrogen functional groups attached to an aromatic ring is 1. The van der Waals surface area contributed by atoms with Crippen LogP contribution in [0.1, 0.15) is 37.5 Å². The average Bonchev–Trinajstić information content (AvgIpc) is 2.34. The molecule has 0 heterocycles. The van der Waals surface area contributed by atoms with Gasteiger partial charge >= 0.3 is 0 Å². The van der Waals surface area contributed by atoms with Crippen molar-refractivity contribution in [3.05, 3.63) is 51.5 Å². The zero-order valence-corrected chi connectivity index (χ0v) is 14.8. The minimum atomic E-state index is 0.0262. The summed E-state index contributed by atoms with van der Waals surface area (Å²) in [6.07, 6.45) is 0. The molecule has 3 heteroatoms. The van der Waals surface area contributed by atoms with Crippen LogP contribution in [0, 0.1) is 13.8 Å². The van der Waals surface area contributed by atoms with Crippen LogP contribution in [0.25, 0.3) is 0 Å². The lowest BCUT2D eigenvalue weighted by atomic mass is 9.86. The van der Waals surface area contributed by atoms with Crippen LogP contribution in [0.3, 0.4) is 0 Å². The molecule has 0 aliphatic carbocycles. The number of hydrogen-bond donors (Lipinski definition) is 1. The lowest BCUT2D eigenvalue weighted by molar-refractivity contribution is 0.452. The average molecular weight is 348 g/mol. The Morgan fingerprint density at radius 3 is 2.29 bits per heavy atom. The molecule has 0 aromatic heterocycles. The minimum absolute atomic E-state index is 0.0262. The molecule has 0 aliphatic heterocycles. The summed E-state index contributed by atoms with van der Waals surface area (Å²) in [7, 11) is 0. The van der Waals surface area contributed by atoms with Crippen molar-refractivity contribution in [2.45, 2.75) is 40.0 Å². The molecule has 2 nitrogen and oxygen atoms in total. The summed E-state index contributed by atoms with van der Waals surface area (Å²) in [5.41, 5.74) is 10.1. The van der Waals surface area contributed by atoms with Crippen molar-refractivity contribution in [1.29, 1.82) is 0 Å². The van der Waals surface area contributed by atoms with Crippen molar-refractivity contribution < 1.29 is 4.74 Å². The fraction of sp³-hybridized carbons (Fsp3) is 0.333. The topological polar surface area (TPSA) is 35.2 Å². The molecule has 0 amide bonds. The second-order valence-electron chi connectivity index (χ2n) is 6.49. The van der Waals surface area contributed by atoms with E-state index in [1.165, 1.54) is 11.1 Å². The Morgan fingerprint density at radius 1 is 1.00 bits per heavy atom. The van der Waals surface area contributed by atoms with E-state index in [1.807, 2.05) is 19.1 Å². The number of benzene rings is 2. The molecule has 0 atom stereocenters. The van der Waals surface area contributed by atoms with Gasteiger partial charge in [0.25, 0.3) is 0 Å². The third-order valence-corrected chi connectivity index (χ3v) is 4.11. The first-order valence-electron chi connectivity index (χ1n) is 7.03. The first-order chi connectivity index (χ1) is 9.68. The standard InChI is InChI=1S/C18H22BrNO/c1-11-6-7-13(18(3,4)5)16(8-11)21-17-9-12(2)15(20)10-14(17)19/h6-10H,20H2,1-5H3. The Balaban J connectivity index is 2.49. The van der Waals surface area contributed by atoms with Gasteiger partial charge in [-0.3, -0.25) is 0 Å². The predicted octanol–water partition coefficient (Wildman–Crippen LogP) is 5.74. The first kappa shape index (κ1) is 15.9. The van der Waals surface area contributed by atoms with Gasteiger partial charge in [0.2, 0.25) is 0 Å². The lowest BCUT2D eigenvalue weighted by Gasteiger charge is -2.23. The van der Waals surface area contributed by atoms with Gasteiger partial charge in [-0.1, -0.05) is 32.9 Å². The molecule has 0 saturated carbocycles. The summed E-state index contributed by atoms with van der Waals surface area (Å²) >= 11 is 3.53. The van der Waals surface area contributed by atoms with Gasteiger partial charge in [0.15, 0.2) is 0 Å². The quantitative estimate of drug-likeness (QED) is 0.703. The van der Waals surface area contributed by atoms with Gasteiger partial charge in [-0.25, -0.2) is 0 Å². The number of aryl methyl sites for hydroxylation is 2. The summed E-state index contributed by atoms with van der Waals surface area (Å²) in [6, 6.07) is 10.2. The molecule has 0 spiro atoms. The summed E-state index contributed by atoms with van der Waals surface area (Å²) in [5, 5.41) is 0. The van der Waals surface area contributed by atoms with E-state index in [1.54, 1.807) is 0 Å². The van der Waals surface area contributed by atoms with E-state index < -0.39 is 0 Å². The minimum Gasteiger partial charge on any atom is -0.456 e. The Hall–Kier alpha value is -1.48. The molecule has 0 radical (unpaired) electrons. The summed E-state index contributed by atoms with van der Waals surface area (Å²) < 4.78 is 7.05. The lowest BCUT2D eigenvalue weighted by Crippen LogP contribution is -2.12. The van der Waals surface area contributed by atoms with Crippen LogP contribution in [0.15, 0.2) is 34.8 Å². The Bertz CT molecular complexity index is 672. The molecule has 0 saturated heterocycles. The number of anilines is 1. The first-order valence-corrected chi connectivity index (χ1v) is 7.82. The third kappa shape index (κ3) is 3.59. The summed E-state index contributed by atoms with van der Waals surface area (Å²) in [5.74, 6) is 1.69. The largest absolute Gasteiger partial charge is 0.456 e. The van der Waals surface area contributed by atoms with Crippen LogP contribution < -0.4 is 10.5 Å². The van der Waals surface area contributed by atoms with E-state index in [4.69, 9.17) is 10.5 Å². The molecule has 0 fully saturated rings. The van der Waals surface area contributed by atoms with Crippen molar-refractivity contribution in [1.82, 2.24) is 0 Å². The predicted molar refractivity (Wildman–Crippen MR) is 93.2 cm³/mol. The number of nitrogens with two attached hydrogens (primary N) is 1. The van der Waals surface area contributed by atoms with Gasteiger partial charge in [-0.15, -0.1) is 0 Å². The van der Waals surface area contributed by atoms with Gasteiger partial charge in [-0.05, 0) is 64.5 Å². The number of halogens is 1. The van der Waals surface area contributed by atoms with Crippen molar-refractivity contribution >= 4 is 21.6 Å². The second kappa shape index (κ2) is 5.72. The highest BCUT2D eigenvalue weighted by Gasteiger charge is 2.20. The van der Waals surface area contributed by atoms with Crippen LogP contribution in [0.5, 0.6) is 11.5 Å². The molecule has 2 N–H and O–H groups in total. The molecule has 0 bridgehead atoms. The zero-order valence-electron chi connectivity index (χ0n) is 13.3. The van der Waals surface area contributed by atoms with Crippen LogP contribution in [-0.4, -0.2) is 0 Å². The van der Waals surface area contributed by atoms with Crippen molar-refractivity contribution in [2.75, 3.05) is 5.73 Å². The highest BCUT2D eigenvalue weighted by molar-refractivity contribution is 9.10. The van der Waals surface area contributed by atoms with Crippen molar-refractivity contribution in [3.8, 4) is 11.5 Å². The maximum absolute atomic E-state index is 6.18. The smallest absolute Gasteiger partial charge is 0.142 e. The Morgan fingerprint density at radius 2 is 1.67 bits per heavy atom. The van der Waals surface area contributed by atoms with Crippen molar-refractivity contribution in [3.63, 3.8) is 0 Å². The highest BCUT2D eigenvalue weighted by atomic mass is 79.9. The van der Waals surface area contributed by atoms with E-state index in [0.29, 0.717) is 0 Å². The summed E-state index contributed by atoms with van der Waals surface area (Å²) in [4.78, 5) is 0. The SMILES string of the molecule is Cc1ccc(C(C)(C)C)c(Oc2cc(C)c(N)cc2Br)c1. The monoisotopic (exact) mass is 347 g/mol. The number of rotatable bonds is 2. The normalized spacial score (nSPS) is 11.5. The summed E-state index contributed by atoms with van der Waals surface area (Å²) in [6.45, 7) is 10.6. The fourth-order valence-electron chi connectivity index (χ4n) is 2.20. The van der Waals surface area contributed by atoms with Gasteiger partial charge in [0.1, 0.15) is 11.5 Å². The van der Waals surface area contributed by atoms with Crippen LogP contribution in [0.4, 0.5) is 5.69 Å². The van der Waals surface area contributed by atoms with E-state index in [-0.39, 0.29) is 5.41 Å². The second-order valence-corrected chi connectivity index (χ2v) is 7.35. The Kier molecular flexibility index (Phi) is 4.33. The van der Waals surface area contributed by atoms with Gasteiger partial charge < -0.3 is 10.5 Å². The maximum atomic E-state index is 6.18. The highest BCUT2D eigenvalue weighted by Crippen LogP contribution is 2.38. The number of ether oxygens (including phenoxy) is 1. The van der Waals surface area contributed by atoms with Crippen molar-refractivity contribution in [2.24, 2.45) is 0 Å². The molecule has 112 valence electrons.